The third kappa shape index (κ3) is 3.61. The molecule has 0 radical (unpaired) electrons. The van der Waals surface area contributed by atoms with E-state index in [1.807, 2.05) is 19.9 Å². The molecular formula is C14H24N2O2S2. The highest BCUT2D eigenvalue weighted by atomic mass is 32.2. The first-order valence-corrected chi connectivity index (χ1v) is 9.67. The molecule has 0 aliphatic carbocycles. The molecule has 2 rings (SSSR count). The van der Waals surface area contributed by atoms with Crippen molar-refractivity contribution in [2.24, 2.45) is 0 Å². The zero-order valence-electron chi connectivity index (χ0n) is 12.3. The minimum absolute atomic E-state index is 0.111. The Kier molecular flexibility index (Phi) is 5.60. The summed E-state index contributed by atoms with van der Waals surface area (Å²) in [5, 5.41) is 5.01. The number of hydrogen-bond acceptors (Lipinski definition) is 4. The Hall–Kier alpha value is -0.430. The summed E-state index contributed by atoms with van der Waals surface area (Å²) >= 11 is 1.52. The van der Waals surface area contributed by atoms with Crippen LogP contribution in [-0.4, -0.2) is 31.9 Å². The monoisotopic (exact) mass is 316 g/mol. The molecule has 1 aromatic rings. The molecule has 1 aliphatic heterocycles. The number of nitrogens with zero attached hydrogens (tertiary/aromatic N) is 1. The predicted octanol–water partition coefficient (Wildman–Crippen LogP) is 2.81. The van der Waals surface area contributed by atoms with Crippen LogP contribution in [0.25, 0.3) is 0 Å². The van der Waals surface area contributed by atoms with Crippen LogP contribution in [0.3, 0.4) is 0 Å². The van der Waals surface area contributed by atoms with Crippen LogP contribution in [0.4, 0.5) is 0 Å². The average Bonchev–Trinajstić information content (AvgIpc) is 2.79. The van der Waals surface area contributed by atoms with Crippen LogP contribution < -0.4 is 5.32 Å². The van der Waals surface area contributed by atoms with Gasteiger partial charge >= 0.3 is 0 Å². The summed E-state index contributed by atoms with van der Waals surface area (Å²) in [6, 6.07) is 1.93. The molecule has 1 aliphatic rings. The van der Waals surface area contributed by atoms with Gasteiger partial charge in [0.1, 0.15) is 0 Å². The zero-order valence-corrected chi connectivity index (χ0v) is 13.9. The van der Waals surface area contributed by atoms with Crippen molar-refractivity contribution in [1.82, 2.24) is 9.62 Å². The topological polar surface area (TPSA) is 49.4 Å². The van der Waals surface area contributed by atoms with Gasteiger partial charge in [-0.1, -0.05) is 19.8 Å². The standard InChI is InChI=1S/C14H24N2O2S2/c1-3-15-10-13-9-14(11-19-13)20(17,18)16-8-6-4-5-7-12(16)2/h9,11-12,15H,3-8,10H2,1-2H3. The third-order valence-electron chi connectivity index (χ3n) is 3.78. The molecule has 2 heterocycles. The molecule has 1 N–H and O–H groups in total. The molecule has 1 atom stereocenters. The highest BCUT2D eigenvalue weighted by molar-refractivity contribution is 7.89. The van der Waals surface area contributed by atoms with E-state index >= 15 is 0 Å². The van der Waals surface area contributed by atoms with Crippen molar-refractivity contribution in [2.75, 3.05) is 13.1 Å². The Morgan fingerprint density at radius 2 is 2.20 bits per heavy atom. The summed E-state index contributed by atoms with van der Waals surface area (Å²) in [6.07, 6.45) is 4.19. The lowest BCUT2D eigenvalue weighted by atomic mass is 10.1. The van der Waals surface area contributed by atoms with Crippen molar-refractivity contribution in [3.05, 3.63) is 16.3 Å². The van der Waals surface area contributed by atoms with Gasteiger partial charge in [0.2, 0.25) is 10.0 Å². The van der Waals surface area contributed by atoms with Crippen LogP contribution in [0.2, 0.25) is 0 Å². The van der Waals surface area contributed by atoms with Gasteiger partial charge in [-0.25, -0.2) is 8.42 Å². The SMILES string of the molecule is CCNCc1cc(S(=O)(=O)N2CCCCCC2C)cs1. The van der Waals surface area contributed by atoms with Crippen molar-refractivity contribution in [2.45, 2.75) is 57.0 Å². The molecule has 20 heavy (non-hydrogen) atoms. The summed E-state index contributed by atoms with van der Waals surface area (Å²) in [7, 11) is -3.32. The Labute approximate surface area is 126 Å². The van der Waals surface area contributed by atoms with Crippen LogP contribution in [0.15, 0.2) is 16.3 Å². The lowest BCUT2D eigenvalue weighted by Gasteiger charge is -2.25. The second-order valence-electron chi connectivity index (χ2n) is 5.34. The van der Waals surface area contributed by atoms with E-state index in [-0.39, 0.29) is 6.04 Å². The van der Waals surface area contributed by atoms with Gasteiger partial charge in [-0.15, -0.1) is 11.3 Å². The number of hydrogen-bond donors (Lipinski definition) is 1. The first kappa shape index (κ1) is 15.9. The number of thiophene rings is 1. The fourth-order valence-corrected chi connectivity index (χ4v) is 5.51. The fourth-order valence-electron chi connectivity index (χ4n) is 2.58. The van der Waals surface area contributed by atoms with Crippen molar-refractivity contribution >= 4 is 21.4 Å². The van der Waals surface area contributed by atoms with Crippen LogP contribution >= 0.6 is 11.3 Å². The van der Waals surface area contributed by atoms with Gasteiger partial charge in [-0.05, 0) is 32.4 Å². The fraction of sp³-hybridized carbons (Fsp3) is 0.714. The van der Waals surface area contributed by atoms with E-state index in [2.05, 4.69) is 5.32 Å². The summed E-state index contributed by atoms with van der Waals surface area (Å²) in [6.45, 7) is 6.36. The lowest BCUT2D eigenvalue weighted by Crippen LogP contribution is -2.38. The van der Waals surface area contributed by atoms with Crippen LogP contribution in [-0.2, 0) is 16.6 Å². The lowest BCUT2D eigenvalue weighted by molar-refractivity contribution is 0.342. The molecular weight excluding hydrogens is 292 g/mol. The first-order valence-electron chi connectivity index (χ1n) is 7.35. The van der Waals surface area contributed by atoms with E-state index in [0.29, 0.717) is 11.4 Å². The van der Waals surface area contributed by atoms with Crippen molar-refractivity contribution in [3.8, 4) is 0 Å². The molecule has 6 heteroatoms. The highest BCUT2D eigenvalue weighted by Gasteiger charge is 2.30. The van der Waals surface area contributed by atoms with E-state index in [9.17, 15) is 8.42 Å². The van der Waals surface area contributed by atoms with Gasteiger partial charge in [0, 0.05) is 29.4 Å². The van der Waals surface area contributed by atoms with Crippen molar-refractivity contribution in [3.63, 3.8) is 0 Å². The van der Waals surface area contributed by atoms with Crippen LogP contribution in [0.1, 0.15) is 44.4 Å². The quantitative estimate of drug-likeness (QED) is 0.909. The van der Waals surface area contributed by atoms with E-state index in [4.69, 9.17) is 0 Å². The summed E-state index contributed by atoms with van der Waals surface area (Å²) < 4.78 is 27.2. The van der Waals surface area contributed by atoms with Gasteiger partial charge < -0.3 is 5.32 Å². The molecule has 0 amide bonds. The second-order valence-corrected chi connectivity index (χ2v) is 8.23. The van der Waals surface area contributed by atoms with E-state index in [0.717, 1.165) is 43.6 Å². The van der Waals surface area contributed by atoms with E-state index in [1.165, 1.54) is 11.3 Å². The predicted molar refractivity (Wildman–Crippen MR) is 83.5 cm³/mol. The normalized spacial score (nSPS) is 21.8. The maximum atomic E-state index is 12.7. The Morgan fingerprint density at radius 1 is 1.40 bits per heavy atom. The summed E-state index contributed by atoms with van der Waals surface area (Å²) in [5.74, 6) is 0. The molecule has 1 saturated heterocycles. The molecule has 0 spiro atoms. The molecule has 1 unspecified atom stereocenters. The van der Waals surface area contributed by atoms with Gasteiger partial charge in [-0.2, -0.15) is 4.31 Å². The minimum Gasteiger partial charge on any atom is -0.312 e. The molecule has 114 valence electrons. The summed E-state index contributed by atoms with van der Waals surface area (Å²) in [4.78, 5) is 1.54. The number of sulfonamides is 1. The van der Waals surface area contributed by atoms with Gasteiger partial charge in [0.15, 0.2) is 0 Å². The van der Waals surface area contributed by atoms with Crippen LogP contribution in [0, 0.1) is 0 Å². The molecule has 0 bridgehead atoms. The smallest absolute Gasteiger partial charge is 0.244 e. The average molecular weight is 316 g/mol. The third-order valence-corrected chi connectivity index (χ3v) is 6.85. The number of nitrogens with one attached hydrogen (secondary N) is 1. The Morgan fingerprint density at radius 3 is 2.95 bits per heavy atom. The Balaban J connectivity index is 2.18. The summed E-state index contributed by atoms with van der Waals surface area (Å²) in [5.41, 5.74) is 0. The largest absolute Gasteiger partial charge is 0.312 e. The highest BCUT2D eigenvalue weighted by Crippen LogP contribution is 2.27. The maximum Gasteiger partial charge on any atom is 0.244 e. The van der Waals surface area contributed by atoms with E-state index in [1.54, 1.807) is 9.69 Å². The Bertz CT molecular complexity index is 525. The first-order chi connectivity index (χ1) is 9.55. The molecule has 0 saturated carbocycles. The maximum absolute atomic E-state index is 12.7. The minimum atomic E-state index is -3.32. The van der Waals surface area contributed by atoms with E-state index < -0.39 is 10.0 Å². The molecule has 1 fully saturated rings. The second kappa shape index (κ2) is 7.02. The van der Waals surface area contributed by atoms with Gasteiger partial charge in [0.05, 0.1) is 4.90 Å². The zero-order chi connectivity index (χ0) is 14.6. The molecule has 0 aromatic carbocycles. The van der Waals surface area contributed by atoms with Crippen molar-refractivity contribution < 1.29 is 8.42 Å². The van der Waals surface area contributed by atoms with Gasteiger partial charge in [0.25, 0.3) is 0 Å². The molecule has 1 aromatic heterocycles. The van der Waals surface area contributed by atoms with Crippen molar-refractivity contribution in [1.29, 1.82) is 0 Å². The molecule has 4 nitrogen and oxygen atoms in total. The van der Waals surface area contributed by atoms with Crippen LogP contribution in [0.5, 0.6) is 0 Å². The number of rotatable bonds is 5. The van der Waals surface area contributed by atoms with Gasteiger partial charge in [-0.3, -0.25) is 0 Å².